The van der Waals surface area contributed by atoms with Crippen LogP contribution in [0.3, 0.4) is 0 Å². The van der Waals surface area contributed by atoms with Gasteiger partial charge in [-0.25, -0.2) is 13.4 Å². The predicted molar refractivity (Wildman–Crippen MR) is 133 cm³/mol. The zero-order valence-electron chi connectivity index (χ0n) is 18.0. The van der Waals surface area contributed by atoms with Crippen LogP contribution in [0.2, 0.25) is 0 Å². The molecule has 34 heavy (non-hydrogen) atoms. The number of carbonyl (C=O) groups excluding carboxylic acids is 1. The second kappa shape index (κ2) is 8.81. The van der Waals surface area contributed by atoms with E-state index in [9.17, 15) is 13.2 Å². The van der Waals surface area contributed by atoms with Crippen LogP contribution in [0.25, 0.3) is 21.7 Å². The summed E-state index contributed by atoms with van der Waals surface area (Å²) in [6.07, 6.45) is 2.49. The summed E-state index contributed by atoms with van der Waals surface area (Å²) in [6.45, 7) is 1.66. The van der Waals surface area contributed by atoms with Crippen molar-refractivity contribution in [2.75, 3.05) is 10.0 Å². The predicted octanol–water partition coefficient (Wildman–Crippen LogP) is 4.51. The Bertz CT molecular complexity index is 1590. The number of amides is 1. The van der Waals surface area contributed by atoms with Crippen LogP contribution in [0, 0.1) is 0 Å². The van der Waals surface area contributed by atoms with Crippen molar-refractivity contribution in [3.05, 3.63) is 84.5 Å². The number of benzene rings is 3. The largest absolute Gasteiger partial charge is 0.401 e. The van der Waals surface area contributed by atoms with E-state index in [2.05, 4.69) is 15.0 Å². The minimum absolute atomic E-state index is 0.0967. The van der Waals surface area contributed by atoms with Gasteiger partial charge in [-0.15, -0.1) is 11.3 Å². The monoisotopic (exact) mass is 492 g/mol. The van der Waals surface area contributed by atoms with Gasteiger partial charge in [0, 0.05) is 39.6 Å². The molecule has 0 aliphatic carbocycles. The van der Waals surface area contributed by atoms with Gasteiger partial charge in [0.05, 0.1) is 10.4 Å². The molecule has 3 aromatic carbocycles. The lowest BCUT2D eigenvalue weighted by Gasteiger charge is -2.17. The molecule has 1 unspecified atom stereocenters. The Balaban J connectivity index is 1.40. The van der Waals surface area contributed by atoms with E-state index in [1.807, 2.05) is 30.3 Å². The number of anilines is 2. The fourth-order valence-electron chi connectivity index (χ4n) is 3.67. The summed E-state index contributed by atoms with van der Waals surface area (Å²) in [6, 6.07) is 19.7. The molecule has 0 aliphatic heterocycles. The van der Waals surface area contributed by atoms with Crippen LogP contribution in [0.1, 0.15) is 6.92 Å². The average molecular weight is 493 g/mol. The van der Waals surface area contributed by atoms with Gasteiger partial charge in [-0.2, -0.15) is 4.73 Å². The Hall–Kier alpha value is -3.89. The van der Waals surface area contributed by atoms with Crippen molar-refractivity contribution in [3.63, 3.8) is 0 Å². The SMILES string of the molecule is CC(On1ccc2ccccc21)C(=O)Nc1cccc2c(S(=O)(=O)Nc3nccs3)cccc12. The highest BCUT2D eigenvalue weighted by Gasteiger charge is 2.21. The molecule has 10 heteroatoms. The molecular weight excluding hydrogens is 472 g/mol. The van der Waals surface area contributed by atoms with E-state index < -0.39 is 16.1 Å². The summed E-state index contributed by atoms with van der Waals surface area (Å²) >= 11 is 1.19. The van der Waals surface area contributed by atoms with Gasteiger partial charge in [0.15, 0.2) is 5.13 Å². The number of nitrogens with one attached hydrogen (secondary N) is 2. The van der Waals surface area contributed by atoms with Crippen molar-refractivity contribution in [2.24, 2.45) is 0 Å². The van der Waals surface area contributed by atoms with Crippen LogP contribution >= 0.6 is 11.3 Å². The van der Waals surface area contributed by atoms with Gasteiger partial charge in [0.2, 0.25) is 6.10 Å². The van der Waals surface area contributed by atoms with Crippen LogP contribution in [0.5, 0.6) is 0 Å². The standard InChI is InChI=1S/C24H20N4O4S2/c1-16(32-28-14-12-17-6-2-3-10-21(17)28)23(29)26-20-9-4-8-19-18(20)7-5-11-22(19)34(30,31)27-24-25-13-15-33-24/h2-16H,1H3,(H,25,27)(H,26,29). The van der Waals surface area contributed by atoms with Gasteiger partial charge in [0.1, 0.15) is 0 Å². The highest BCUT2D eigenvalue weighted by atomic mass is 32.2. The number of hydrogen-bond acceptors (Lipinski definition) is 6. The second-order valence-corrected chi connectivity index (χ2v) is 10.1. The molecule has 2 aromatic heterocycles. The minimum Gasteiger partial charge on any atom is -0.401 e. The molecule has 5 aromatic rings. The molecular formula is C24H20N4O4S2. The highest BCUT2D eigenvalue weighted by molar-refractivity contribution is 7.93. The Labute approximate surface area is 199 Å². The molecule has 8 nitrogen and oxygen atoms in total. The molecule has 2 N–H and O–H groups in total. The maximum Gasteiger partial charge on any atom is 0.267 e. The quantitative estimate of drug-likeness (QED) is 0.348. The van der Waals surface area contributed by atoms with Crippen LogP contribution in [0.15, 0.2) is 89.4 Å². The molecule has 0 saturated heterocycles. The number of aromatic nitrogens is 2. The van der Waals surface area contributed by atoms with E-state index in [1.54, 1.807) is 53.6 Å². The number of rotatable bonds is 7. The zero-order valence-corrected chi connectivity index (χ0v) is 19.6. The first-order valence-corrected chi connectivity index (χ1v) is 12.8. The maximum absolute atomic E-state index is 13.0. The van der Waals surface area contributed by atoms with Gasteiger partial charge in [-0.05, 0) is 31.2 Å². The number of thiazole rings is 1. The van der Waals surface area contributed by atoms with Crippen molar-refractivity contribution in [1.29, 1.82) is 0 Å². The van der Waals surface area contributed by atoms with E-state index >= 15 is 0 Å². The van der Waals surface area contributed by atoms with E-state index in [0.29, 0.717) is 16.5 Å². The number of nitrogens with zero attached hydrogens (tertiary/aromatic N) is 2. The second-order valence-electron chi connectivity index (χ2n) is 7.54. The molecule has 0 radical (unpaired) electrons. The van der Waals surface area contributed by atoms with Crippen molar-refractivity contribution in [1.82, 2.24) is 9.71 Å². The number of sulfonamides is 1. The third-order valence-corrected chi connectivity index (χ3v) is 7.50. The molecule has 0 saturated carbocycles. The molecule has 0 bridgehead atoms. The van der Waals surface area contributed by atoms with Crippen LogP contribution in [-0.4, -0.2) is 30.1 Å². The van der Waals surface area contributed by atoms with E-state index in [-0.39, 0.29) is 15.9 Å². The first kappa shape index (κ1) is 21.9. The molecule has 1 atom stereocenters. The molecule has 0 spiro atoms. The third-order valence-electron chi connectivity index (χ3n) is 5.29. The van der Waals surface area contributed by atoms with E-state index in [4.69, 9.17) is 4.84 Å². The fraction of sp³-hybridized carbons (Fsp3) is 0.0833. The summed E-state index contributed by atoms with van der Waals surface area (Å²) in [4.78, 5) is 22.9. The Morgan fingerprint density at radius 1 is 1.03 bits per heavy atom. The number of hydrogen-bond donors (Lipinski definition) is 2. The summed E-state index contributed by atoms with van der Waals surface area (Å²) in [5, 5.41) is 6.92. The van der Waals surface area contributed by atoms with Gasteiger partial charge < -0.3 is 10.2 Å². The first-order valence-electron chi connectivity index (χ1n) is 10.4. The molecule has 0 fully saturated rings. The topological polar surface area (TPSA) is 102 Å². The summed E-state index contributed by atoms with van der Waals surface area (Å²) < 4.78 is 30.0. The van der Waals surface area contributed by atoms with Gasteiger partial charge in [-0.1, -0.05) is 42.5 Å². The lowest BCUT2D eigenvalue weighted by molar-refractivity contribution is -0.126. The normalized spacial score (nSPS) is 12.5. The van der Waals surface area contributed by atoms with Gasteiger partial charge in [0.25, 0.3) is 15.9 Å². The zero-order chi connectivity index (χ0) is 23.7. The van der Waals surface area contributed by atoms with E-state index in [1.165, 1.54) is 23.6 Å². The average Bonchev–Trinajstić information content (AvgIpc) is 3.48. The number of fused-ring (bicyclic) bond motifs is 2. The summed E-state index contributed by atoms with van der Waals surface area (Å²) in [7, 11) is -3.87. The molecule has 5 rings (SSSR count). The molecule has 2 heterocycles. The summed E-state index contributed by atoms with van der Waals surface area (Å²) in [5.74, 6) is -0.362. The van der Waals surface area contributed by atoms with Gasteiger partial charge in [-0.3, -0.25) is 9.52 Å². The molecule has 0 aliphatic rings. The van der Waals surface area contributed by atoms with Crippen molar-refractivity contribution in [2.45, 2.75) is 17.9 Å². The first-order chi connectivity index (χ1) is 16.4. The lowest BCUT2D eigenvalue weighted by atomic mass is 10.1. The van der Waals surface area contributed by atoms with Crippen LogP contribution in [-0.2, 0) is 14.8 Å². The smallest absolute Gasteiger partial charge is 0.267 e. The van der Waals surface area contributed by atoms with E-state index in [0.717, 1.165) is 10.9 Å². The highest BCUT2D eigenvalue weighted by Crippen LogP contribution is 2.30. The van der Waals surface area contributed by atoms with Crippen molar-refractivity contribution in [3.8, 4) is 0 Å². The van der Waals surface area contributed by atoms with Crippen molar-refractivity contribution >= 4 is 59.8 Å². The number of para-hydroxylation sites is 1. The Kier molecular flexibility index (Phi) is 5.68. The number of carbonyl (C=O) groups is 1. The van der Waals surface area contributed by atoms with Gasteiger partial charge >= 0.3 is 0 Å². The van der Waals surface area contributed by atoms with Crippen LogP contribution < -0.4 is 14.9 Å². The Morgan fingerprint density at radius 2 is 1.82 bits per heavy atom. The Morgan fingerprint density at radius 3 is 2.65 bits per heavy atom. The maximum atomic E-state index is 13.0. The van der Waals surface area contributed by atoms with Crippen LogP contribution in [0.4, 0.5) is 10.8 Å². The molecule has 172 valence electrons. The van der Waals surface area contributed by atoms with Crippen molar-refractivity contribution < 1.29 is 18.0 Å². The minimum atomic E-state index is -3.87. The third kappa shape index (κ3) is 4.20. The molecule has 1 amide bonds. The fourth-order valence-corrected chi connectivity index (χ4v) is 5.68. The lowest BCUT2D eigenvalue weighted by Crippen LogP contribution is -2.34. The summed E-state index contributed by atoms with van der Waals surface area (Å²) in [5.41, 5.74) is 1.34.